The van der Waals surface area contributed by atoms with Crippen LogP contribution in [-0.4, -0.2) is 17.2 Å². The average molecular weight is 348 g/mol. The van der Waals surface area contributed by atoms with Gasteiger partial charge in [-0.15, -0.1) is 0 Å². The van der Waals surface area contributed by atoms with Gasteiger partial charge in [0.15, 0.2) is 0 Å². The third kappa shape index (κ3) is 5.90. The van der Waals surface area contributed by atoms with Gasteiger partial charge in [-0.25, -0.2) is 0 Å². The molecule has 0 fully saturated rings. The van der Waals surface area contributed by atoms with E-state index in [1.54, 1.807) is 6.26 Å². The van der Waals surface area contributed by atoms with Crippen molar-refractivity contribution in [3.05, 3.63) is 95.9 Å². The number of rotatable bonds is 9. The van der Waals surface area contributed by atoms with Gasteiger partial charge in [-0.05, 0) is 30.2 Å². The van der Waals surface area contributed by atoms with Crippen LogP contribution in [0.15, 0.2) is 88.6 Å². The molecule has 0 radical (unpaired) electrons. The predicted octanol–water partition coefficient (Wildman–Crippen LogP) is 4.87. The molecule has 3 aromatic rings. The van der Waals surface area contributed by atoms with Crippen molar-refractivity contribution >= 4 is 5.71 Å². The van der Waals surface area contributed by atoms with Gasteiger partial charge in [0.1, 0.15) is 12.4 Å². The first kappa shape index (κ1) is 18.0. The van der Waals surface area contributed by atoms with E-state index in [2.05, 4.69) is 34.3 Å². The van der Waals surface area contributed by atoms with Crippen LogP contribution in [0.2, 0.25) is 0 Å². The lowest BCUT2D eigenvalue weighted by atomic mass is 10.2. The highest BCUT2D eigenvalue weighted by molar-refractivity contribution is 5.83. The maximum atomic E-state index is 5.51. The van der Waals surface area contributed by atoms with Gasteiger partial charge in [0.2, 0.25) is 0 Å². The van der Waals surface area contributed by atoms with Crippen LogP contribution in [0.3, 0.4) is 0 Å². The largest absolute Gasteiger partial charge is 0.468 e. The van der Waals surface area contributed by atoms with E-state index in [1.165, 1.54) is 5.56 Å². The van der Waals surface area contributed by atoms with Crippen LogP contribution in [-0.2, 0) is 24.5 Å². The number of benzene rings is 2. The van der Waals surface area contributed by atoms with Gasteiger partial charge in [-0.3, -0.25) is 4.90 Å². The summed E-state index contributed by atoms with van der Waals surface area (Å²) in [4.78, 5) is 7.80. The SMILES string of the molecule is C/C(CN(Cc1ccccc1)Cc1ccco1)=N\OCc1ccccc1. The second-order valence-corrected chi connectivity index (χ2v) is 6.30. The van der Waals surface area contributed by atoms with Gasteiger partial charge in [0, 0.05) is 13.1 Å². The fourth-order valence-electron chi connectivity index (χ4n) is 2.78. The molecule has 0 aliphatic carbocycles. The molecule has 3 rings (SSSR count). The quantitative estimate of drug-likeness (QED) is 0.409. The fourth-order valence-corrected chi connectivity index (χ4v) is 2.78. The topological polar surface area (TPSA) is 38.0 Å². The molecule has 0 bridgehead atoms. The van der Waals surface area contributed by atoms with Crippen LogP contribution >= 0.6 is 0 Å². The zero-order valence-corrected chi connectivity index (χ0v) is 15.0. The number of oxime groups is 1. The van der Waals surface area contributed by atoms with Gasteiger partial charge in [-0.2, -0.15) is 0 Å². The highest BCUT2D eigenvalue weighted by Gasteiger charge is 2.10. The Morgan fingerprint density at radius 2 is 1.58 bits per heavy atom. The maximum Gasteiger partial charge on any atom is 0.142 e. The molecule has 1 heterocycles. The van der Waals surface area contributed by atoms with Crippen molar-refractivity contribution in [1.82, 2.24) is 4.90 Å². The van der Waals surface area contributed by atoms with Crippen molar-refractivity contribution in [2.45, 2.75) is 26.6 Å². The first-order chi connectivity index (χ1) is 12.8. The molecule has 0 N–H and O–H groups in total. The van der Waals surface area contributed by atoms with Gasteiger partial charge >= 0.3 is 0 Å². The number of hydrogen-bond donors (Lipinski definition) is 0. The minimum Gasteiger partial charge on any atom is -0.468 e. The third-order valence-corrected chi connectivity index (χ3v) is 3.96. The van der Waals surface area contributed by atoms with Crippen LogP contribution in [0.1, 0.15) is 23.8 Å². The van der Waals surface area contributed by atoms with Crippen molar-refractivity contribution in [3.8, 4) is 0 Å². The smallest absolute Gasteiger partial charge is 0.142 e. The van der Waals surface area contributed by atoms with Crippen molar-refractivity contribution in [3.63, 3.8) is 0 Å². The molecule has 2 aromatic carbocycles. The molecule has 0 spiro atoms. The Balaban J connectivity index is 1.59. The lowest BCUT2D eigenvalue weighted by Crippen LogP contribution is -2.28. The van der Waals surface area contributed by atoms with Gasteiger partial charge < -0.3 is 9.25 Å². The maximum absolute atomic E-state index is 5.51. The average Bonchev–Trinajstić information content (AvgIpc) is 3.16. The predicted molar refractivity (Wildman–Crippen MR) is 104 cm³/mol. The lowest BCUT2D eigenvalue weighted by Gasteiger charge is -2.21. The lowest BCUT2D eigenvalue weighted by molar-refractivity contribution is 0.128. The van der Waals surface area contributed by atoms with E-state index >= 15 is 0 Å². The van der Waals surface area contributed by atoms with Crippen molar-refractivity contribution < 1.29 is 9.25 Å². The molecule has 0 unspecified atom stereocenters. The first-order valence-electron chi connectivity index (χ1n) is 8.77. The molecule has 0 saturated heterocycles. The van der Waals surface area contributed by atoms with E-state index in [1.807, 2.05) is 55.5 Å². The Morgan fingerprint density at radius 3 is 2.23 bits per heavy atom. The zero-order chi connectivity index (χ0) is 18.0. The molecule has 0 atom stereocenters. The van der Waals surface area contributed by atoms with E-state index in [0.717, 1.165) is 30.1 Å². The molecular formula is C22H24N2O2. The highest BCUT2D eigenvalue weighted by Crippen LogP contribution is 2.11. The molecule has 4 heteroatoms. The summed E-state index contributed by atoms with van der Waals surface area (Å²) in [6.07, 6.45) is 1.71. The van der Waals surface area contributed by atoms with Crippen LogP contribution in [0.4, 0.5) is 0 Å². The third-order valence-electron chi connectivity index (χ3n) is 3.96. The molecule has 1 aromatic heterocycles. The van der Waals surface area contributed by atoms with Crippen LogP contribution in [0.25, 0.3) is 0 Å². The number of nitrogens with zero attached hydrogens (tertiary/aromatic N) is 2. The fraction of sp³-hybridized carbons (Fsp3) is 0.227. The number of furan rings is 1. The van der Waals surface area contributed by atoms with Crippen molar-refractivity contribution in [2.75, 3.05) is 6.54 Å². The Labute approximate surface area is 154 Å². The molecular weight excluding hydrogens is 324 g/mol. The molecule has 0 aliphatic rings. The van der Waals surface area contributed by atoms with E-state index in [0.29, 0.717) is 13.2 Å². The Bertz CT molecular complexity index is 784. The molecule has 0 amide bonds. The summed E-state index contributed by atoms with van der Waals surface area (Å²) < 4.78 is 5.51. The Morgan fingerprint density at radius 1 is 0.885 bits per heavy atom. The van der Waals surface area contributed by atoms with Crippen molar-refractivity contribution in [2.24, 2.45) is 5.16 Å². The summed E-state index contributed by atoms with van der Waals surface area (Å²) in [5.74, 6) is 0.943. The van der Waals surface area contributed by atoms with Gasteiger partial charge in [-0.1, -0.05) is 65.8 Å². The summed E-state index contributed by atoms with van der Waals surface area (Å²) in [6, 6.07) is 24.4. The monoisotopic (exact) mass is 348 g/mol. The van der Waals surface area contributed by atoms with E-state index < -0.39 is 0 Å². The molecule has 4 nitrogen and oxygen atoms in total. The molecule has 0 saturated carbocycles. The Kier molecular flexibility index (Phi) is 6.62. The second kappa shape index (κ2) is 9.59. The van der Waals surface area contributed by atoms with E-state index in [-0.39, 0.29) is 0 Å². The zero-order valence-electron chi connectivity index (χ0n) is 15.0. The first-order valence-corrected chi connectivity index (χ1v) is 8.77. The van der Waals surface area contributed by atoms with E-state index in [4.69, 9.17) is 9.25 Å². The number of hydrogen-bond acceptors (Lipinski definition) is 4. The van der Waals surface area contributed by atoms with E-state index in [9.17, 15) is 0 Å². The van der Waals surface area contributed by atoms with Crippen molar-refractivity contribution in [1.29, 1.82) is 0 Å². The summed E-state index contributed by atoms with van der Waals surface area (Å²) in [5.41, 5.74) is 3.31. The molecule has 26 heavy (non-hydrogen) atoms. The summed E-state index contributed by atoms with van der Waals surface area (Å²) in [5, 5.41) is 4.27. The highest BCUT2D eigenvalue weighted by atomic mass is 16.6. The summed E-state index contributed by atoms with van der Waals surface area (Å²) in [7, 11) is 0. The summed E-state index contributed by atoms with van der Waals surface area (Å²) >= 11 is 0. The second-order valence-electron chi connectivity index (χ2n) is 6.30. The molecule has 134 valence electrons. The molecule has 0 aliphatic heterocycles. The minimum atomic E-state index is 0.481. The normalized spacial score (nSPS) is 11.7. The van der Waals surface area contributed by atoms with Crippen LogP contribution in [0.5, 0.6) is 0 Å². The minimum absolute atomic E-state index is 0.481. The van der Waals surface area contributed by atoms with Crippen LogP contribution < -0.4 is 0 Å². The van der Waals surface area contributed by atoms with Crippen LogP contribution in [0, 0.1) is 0 Å². The van der Waals surface area contributed by atoms with Gasteiger partial charge in [0.05, 0.1) is 18.5 Å². The summed E-state index contributed by atoms with van der Waals surface area (Å²) in [6.45, 7) is 4.74. The Hall–Kier alpha value is -2.85. The standard InChI is InChI=1S/C22H24N2O2/c1-19(23-26-18-21-11-6-3-7-12-21)15-24(17-22-13-8-14-25-22)16-20-9-4-2-5-10-20/h2-14H,15-18H2,1H3/b23-19+. The van der Waals surface area contributed by atoms with Gasteiger partial charge in [0.25, 0.3) is 0 Å².